The molecule has 0 aliphatic carbocycles. The number of hydrogen-bond donors (Lipinski definition) is 1. The third-order valence-electron chi connectivity index (χ3n) is 4.37. The lowest BCUT2D eigenvalue weighted by Crippen LogP contribution is -2.31. The van der Waals surface area contributed by atoms with Crippen LogP contribution in [0.1, 0.15) is 16.7 Å². The van der Waals surface area contributed by atoms with E-state index in [0.29, 0.717) is 5.69 Å². The highest BCUT2D eigenvalue weighted by molar-refractivity contribution is 6.00. The van der Waals surface area contributed by atoms with E-state index >= 15 is 0 Å². The van der Waals surface area contributed by atoms with Crippen LogP contribution in [0.5, 0.6) is 0 Å². The summed E-state index contributed by atoms with van der Waals surface area (Å²) >= 11 is 0. The van der Waals surface area contributed by atoms with Gasteiger partial charge in [0.05, 0.1) is 12.2 Å². The molecule has 0 saturated heterocycles. The van der Waals surface area contributed by atoms with Crippen LogP contribution in [0.4, 0.5) is 10.1 Å². The Balaban J connectivity index is 1.61. The van der Waals surface area contributed by atoms with Crippen molar-refractivity contribution in [2.75, 3.05) is 24.5 Å². The van der Waals surface area contributed by atoms with Gasteiger partial charge in [0, 0.05) is 25.2 Å². The van der Waals surface area contributed by atoms with Crippen molar-refractivity contribution in [3.63, 3.8) is 0 Å². The summed E-state index contributed by atoms with van der Waals surface area (Å²) in [6, 6.07) is 13.8. The predicted molar refractivity (Wildman–Crippen MR) is 87.0 cm³/mol. The van der Waals surface area contributed by atoms with Gasteiger partial charge in [-0.05, 0) is 35.7 Å². The minimum atomic E-state index is -0.173. The maximum absolute atomic E-state index is 14.5. The molecule has 0 amide bonds. The van der Waals surface area contributed by atoms with Crippen molar-refractivity contribution in [1.82, 2.24) is 5.32 Å². The second kappa shape index (κ2) is 5.44. The van der Waals surface area contributed by atoms with Crippen LogP contribution in [0, 0.1) is 5.82 Å². The van der Waals surface area contributed by atoms with Crippen molar-refractivity contribution in [2.24, 2.45) is 4.99 Å². The zero-order valence-electron chi connectivity index (χ0n) is 12.3. The third kappa shape index (κ3) is 2.34. The van der Waals surface area contributed by atoms with E-state index in [4.69, 9.17) is 0 Å². The standard InChI is InChI=1S/C18H18FN3/c19-16-11-14(18-20-8-9-21-18)5-6-17(16)22-10-7-13-3-1-2-4-15(13)12-22/h1-6,11H,7-10,12H2,(H,20,21). The maximum atomic E-state index is 14.5. The first-order chi connectivity index (χ1) is 10.8. The van der Waals surface area contributed by atoms with Crippen LogP contribution < -0.4 is 10.2 Å². The van der Waals surface area contributed by atoms with Crippen LogP contribution in [0.3, 0.4) is 0 Å². The molecule has 4 rings (SSSR count). The molecule has 2 aliphatic rings. The van der Waals surface area contributed by atoms with Gasteiger partial charge in [-0.15, -0.1) is 0 Å². The number of anilines is 1. The molecule has 1 N–H and O–H groups in total. The molecule has 112 valence electrons. The van der Waals surface area contributed by atoms with Gasteiger partial charge in [0.1, 0.15) is 11.7 Å². The monoisotopic (exact) mass is 295 g/mol. The van der Waals surface area contributed by atoms with Crippen LogP contribution in [-0.4, -0.2) is 25.5 Å². The first-order valence-corrected chi connectivity index (χ1v) is 7.71. The highest BCUT2D eigenvalue weighted by Crippen LogP contribution is 2.27. The number of nitrogens with one attached hydrogen (secondary N) is 1. The Bertz CT molecular complexity index is 739. The molecule has 3 nitrogen and oxygen atoms in total. The zero-order chi connectivity index (χ0) is 14.9. The fourth-order valence-electron chi connectivity index (χ4n) is 3.20. The summed E-state index contributed by atoms with van der Waals surface area (Å²) in [5, 5.41) is 3.18. The van der Waals surface area contributed by atoms with Crippen LogP contribution >= 0.6 is 0 Å². The average molecular weight is 295 g/mol. The van der Waals surface area contributed by atoms with Crippen molar-refractivity contribution < 1.29 is 4.39 Å². The Morgan fingerprint density at radius 2 is 1.95 bits per heavy atom. The summed E-state index contributed by atoms with van der Waals surface area (Å²) in [7, 11) is 0. The van der Waals surface area contributed by atoms with Crippen LogP contribution in [0.25, 0.3) is 0 Å². The summed E-state index contributed by atoms with van der Waals surface area (Å²) in [5.74, 6) is 0.628. The summed E-state index contributed by atoms with van der Waals surface area (Å²) in [6.07, 6.45) is 0.964. The zero-order valence-corrected chi connectivity index (χ0v) is 12.3. The van der Waals surface area contributed by atoms with Crippen molar-refractivity contribution in [1.29, 1.82) is 0 Å². The van der Waals surface area contributed by atoms with Crippen molar-refractivity contribution in [3.8, 4) is 0 Å². The summed E-state index contributed by atoms with van der Waals surface area (Å²) in [5.41, 5.74) is 4.17. The molecular weight excluding hydrogens is 277 g/mol. The third-order valence-corrected chi connectivity index (χ3v) is 4.37. The lowest BCUT2D eigenvalue weighted by atomic mass is 9.99. The number of benzene rings is 2. The Kier molecular flexibility index (Phi) is 3.29. The fourth-order valence-corrected chi connectivity index (χ4v) is 3.20. The predicted octanol–water partition coefficient (Wildman–Crippen LogP) is 2.74. The average Bonchev–Trinajstić information content (AvgIpc) is 3.09. The summed E-state index contributed by atoms with van der Waals surface area (Å²) in [6.45, 7) is 3.22. The van der Waals surface area contributed by atoms with Gasteiger partial charge in [0.15, 0.2) is 0 Å². The molecule has 0 saturated carbocycles. The molecule has 0 bridgehead atoms. The van der Waals surface area contributed by atoms with E-state index in [1.165, 1.54) is 11.1 Å². The van der Waals surface area contributed by atoms with Gasteiger partial charge in [-0.1, -0.05) is 24.3 Å². The number of fused-ring (bicyclic) bond motifs is 1. The van der Waals surface area contributed by atoms with Crippen LogP contribution in [0.15, 0.2) is 47.5 Å². The lowest BCUT2D eigenvalue weighted by molar-refractivity contribution is 0.610. The minimum absolute atomic E-state index is 0.173. The van der Waals surface area contributed by atoms with Gasteiger partial charge < -0.3 is 10.2 Å². The molecule has 0 unspecified atom stereocenters. The Hall–Kier alpha value is -2.36. The van der Waals surface area contributed by atoms with Gasteiger partial charge in [-0.2, -0.15) is 0 Å². The molecule has 2 aromatic carbocycles. The molecule has 0 fully saturated rings. The number of aliphatic imine (C=N–C) groups is 1. The molecule has 22 heavy (non-hydrogen) atoms. The molecular formula is C18H18FN3. The molecule has 0 radical (unpaired) electrons. The number of nitrogens with zero attached hydrogens (tertiary/aromatic N) is 2. The molecule has 2 heterocycles. The normalized spacial score (nSPS) is 17.0. The van der Waals surface area contributed by atoms with Crippen molar-refractivity contribution in [3.05, 3.63) is 65.0 Å². The topological polar surface area (TPSA) is 27.6 Å². The fraction of sp³-hybridized carbons (Fsp3) is 0.278. The van der Waals surface area contributed by atoms with E-state index in [2.05, 4.69) is 33.4 Å². The molecule has 0 spiro atoms. The Morgan fingerprint density at radius 3 is 2.73 bits per heavy atom. The molecule has 0 aromatic heterocycles. The second-order valence-electron chi connectivity index (χ2n) is 5.76. The van der Waals surface area contributed by atoms with Crippen LogP contribution in [-0.2, 0) is 13.0 Å². The summed E-state index contributed by atoms with van der Waals surface area (Å²) in [4.78, 5) is 6.46. The van der Waals surface area contributed by atoms with Gasteiger partial charge in [0.2, 0.25) is 0 Å². The number of halogens is 1. The van der Waals surface area contributed by atoms with E-state index in [1.807, 2.05) is 18.2 Å². The molecule has 2 aliphatic heterocycles. The maximum Gasteiger partial charge on any atom is 0.147 e. The van der Waals surface area contributed by atoms with Crippen molar-refractivity contribution in [2.45, 2.75) is 13.0 Å². The van der Waals surface area contributed by atoms with E-state index in [0.717, 1.165) is 44.0 Å². The van der Waals surface area contributed by atoms with Gasteiger partial charge in [0.25, 0.3) is 0 Å². The number of amidine groups is 1. The first-order valence-electron chi connectivity index (χ1n) is 7.71. The largest absolute Gasteiger partial charge is 0.368 e. The van der Waals surface area contributed by atoms with Gasteiger partial charge in [-0.3, -0.25) is 4.99 Å². The highest BCUT2D eigenvalue weighted by Gasteiger charge is 2.19. The molecule has 4 heteroatoms. The van der Waals surface area contributed by atoms with E-state index < -0.39 is 0 Å². The van der Waals surface area contributed by atoms with E-state index in [9.17, 15) is 4.39 Å². The smallest absolute Gasteiger partial charge is 0.147 e. The molecule has 2 aromatic rings. The molecule has 0 atom stereocenters. The highest BCUT2D eigenvalue weighted by atomic mass is 19.1. The van der Waals surface area contributed by atoms with Gasteiger partial charge in [-0.25, -0.2) is 4.39 Å². The minimum Gasteiger partial charge on any atom is -0.368 e. The van der Waals surface area contributed by atoms with Gasteiger partial charge >= 0.3 is 0 Å². The quantitative estimate of drug-likeness (QED) is 0.922. The number of rotatable bonds is 2. The van der Waals surface area contributed by atoms with Crippen molar-refractivity contribution >= 4 is 11.5 Å². The summed E-state index contributed by atoms with van der Waals surface area (Å²) < 4.78 is 14.5. The Labute approximate surface area is 129 Å². The number of hydrogen-bond acceptors (Lipinski definition) is 3. The van der Waals surface area contributed by atoms with E-state index in [-0.39, 0.29) is 5.82 Å². The van der Waals surface area contributed by atoms with Crippen LogP contribution in [0.2, 0.25) is 0 Å². The Morgan fingerprint density at radius 1 is 1.09 bits per heavy atom. The van der Waals surface area contributed by atoms with E-state index in [1.54, 1.807) is 6.07 Å². The second-order valence-corrected chi connectivity index (χ2v) is 5.76. The lowest BCUT2D eigenvalue weighted by Gasteiger charge is -2.31. The SMILES string of the molecule is Fc1cc(C2=NCCN2)ccc1N1CCc2ccccc2C1. The first kappa shape index (κ1) is 13.3.